The monoisotopic (exact) mass is 443 g/mol. The molecule has 5 nitrogen and oxygen atoms in total. The van der Waals surface area contributed by atoms with Crippen LogP contribution < -0.4 is 9.64 Å². The Morgan fingerprint density at radius 3 is 2.41 bits per heavy atom. The number of carbonyl (C=O) groups is 1. The van der Waals surface area contributed by atoms with E-state index in [0.717, 1.165) is 10.5 Å². The van der Waals surface area contributed by atoms with Gasteiger partial charge in [-0.25, -0.2) is 4.98 Å². The number of aromatic nitrogens is 1. The number of ether oxygens (including phenoxy) is 1. The van der Waals surface area contributed by atoms with E-state index in [1.54, 1.807) is 21.9 Å². The molecule has 0 saturated carbocycles. The summed E-state index contributed by atoms with van der Waals surface area (Å²) in [6, 6.07) is 9.40. The Hall–Kier alpha value is -2.29. The number of anilines is 1. The third-order valence-electron chi connectivity index (χ3n) is 4.20. The van der Waals surface area contributed by atoms with E-state index in [1.165, 1.54) is 12.3 Å². The zero-order valence-electron chi connectivity index (χ0n) is 14.2. The summed E-state index contributed by atoms with van der Waals surface area (Å²) in [5.74, 6) is 0.284. The van der Waals surface area contributed by atoms with Crippen LogP contribution in [-0.2, 0) is 11.0 Å². The molecule has 0 N–H and O–H groups in total. The molecule has 1 saturated heterocycles. The number of nitrogens with zero attached hydrogens (tertiary/aromatic N) is 3. The second-order valence-corrected chi connectivity index (χ2v) is 6.90. The predicted molar refractivity (Wildman–Crippen MR) is 97.7 cm³/mol. The summed E-state index contributed by atoms with van der Waals surface area (Å²) in [5, 5.41) is 0. The van der Waals surface area contributed by atoms with Crippen LogP contribution in [0.2, 0.25) is 0 Å². The Bertz CT molecular complexity index is 791. The molecule has 144 valence electrons. The summed E-state index contributed by atoms with van der Waals surface area (Å²) in [4.78, 5) is 19.3. The zero-order chi connectivity index (χ0) is 19.4. The van der Waals surface area contributed by atoms with Gasteiger partial charge in [0.2, 0.25) is 0 Å². The van der Waals surface area contributed by atoms with Crippen molar-refractivity contribution in [2.24, 2.45) is 0 Å². The normalized spacial score (nSPS) is 15.0. The molecule has 0 bridgehead atoms. The molecule has 1 fully saturated rings. The molecule has 0 radical (unpaired) electrons. The van der Waals surface area contributed by atoms with Crippen LogP contribution in [0, 0.1) is 0 Å². The van der Waals surface area contributed by atoms with E-state index in [2.05, 4.69) is 20.9 Å². The Kier molecular flexibility index (Phi) is 5.88. The van der Waals surface area contributed by atoms with Gasteiger partial charge in [-0.05, 0) is 36.4 Å². The van der Waals surface area contributed by atoms with Crippen molar-refractivity contribution in [1.29, 1.82) is 0 Å². The first-order chi connectivity index (χ1) is 12.8. The maximum absolute atomic E-state index is 13.1. The second-order valence-electron chi connectivity index (χ2n) is 5.98. The van der Waals surface area contributed by atoms with Crippen LogP contribution in [0.15, 0.2) is 47.1 Å². The highest BCUT2D eigenvalue weighted by molar-refractivity contribution is 9.10. The number of amides is 1. The molecule has 3 rings (SSSR count). The fourth-order valence-corrected chi connectivity index (χ4v) is 3.07. The van der Waals surface area contributed by atoms with Crippen molar-refractivity contribution >= 4 is 27.7 Å². The first-order valence-electron chi connectivity index (χ1n) is 8.28. The first kappa shape index (κ1) is 19.5. The average Bonchev–Trinajstić information content (AvgIpc) is 2.67. The Balaban J connectivity index is 1.56. The van der Waals surface area contributed by atoms with Crippen molar-refractivity contribution in [3.63, 3.8) is 0 Å². The number of hydrogen-bond donors (Lipinski definition) is 0. The maximum Gasteiger partial charge on any atom is 0.419 e. The molecule has 1 aromatic carbocycles. The minimum atomic E-state index is -4.46. The van der Waals surface area contributed by atoms with E-state index in [9.17, 15) is 18.0 Å². The van der Waals surface area contributed by atoms with Gasteiger partial charge < -0.3 is 14.5 Å². The molecule has 1 aliphatic heterocycles. The summed E-state index contributed by atoms with van der Waals surface area (Å²) in [7, 11) is 0. The van der Waals surface area contributed by atoms with Gasteiger partial charge in [-0.3, -0.25) is 4.79 Å². The highest BCUT2D eigenvalue weighted by atomic mass is 79.9. The molecular formula is C18H17BrF3N3O2. The number of benzene rings is 1. The lowest BCUT2D eigenvalue weighted by atomic mass is 10.2. The van der Waals surface area contributed by atoms with Gasteiger partial charge in [0.05, 0.1) is 5.56 Å². The Morgan fingerprint density at radius 2 is 1.78 bits per heavy atom. The molecule has 27 heavy (non-hydrogen) atoms. The van der Waals surface area contributed by atoms with Crippen molar-refractivity contribution in [1.82, 2.24) is 9.88 Å². The van der Waals surface area contributed by atoms with Gasteiger partial charge in [0.1, 0.15) is 11.6 Å². The molecular weight excluding hydrogens is 427 g/mol. The largest absolute Gasteiger partial charge is 0.484 e. The maximum atomic E-state index is 13.1. The number of carbonyl (C=O) groups excluding carboxylic acids is 1. The van der Waals surface area contributed by atoms with Crippen LogP contribution in [0.1, 0.15) is 5.56 Å². The second kappa shape index (κ2) is 8.16. The summed E-state index contributed by atoms with van der Waals surface area (Å²) < 4.78 is 45.8. The highest BCUT2D eigenvalue weighted by Crippen LogP contribution is 2.35. The van der Waals surface area contributed by atoms with Crippen LogP contribution in [0.25, 0.3) is 0 Å². The van der Waals surface area contributed by atoms with E-state index >= 15 is 0 Å². The smallest absolute Gasteiger partial charge is 0.419 e. The minimum absolute atomic E-state index is 0.0942. The van der Waals surface area contributed by atoms with Crippen molar-refractivity contribution in [3.8, 4) is 5.75 Å². The van der Waals surface area contributed by atoms with E-state index in [-0.39, 0.29) is 31.4 Å². The van der Waals surface area contributed by atoms with Crippen LogP contribution in [0.4, 0.5) is 19.0 Å². The summed E-state index contributed by atoms with van der Waals surface area (Å²) in [6.07, 6.45) is -3.12. The molecule has 2 heterocycles. The van der Waals surface area contributed by atoms with Gasteiger partial charge >= 0.3 is 6.18 Å². The lowest BCUT2D eigenvalue weighted by molar-refractivity contribution is -0.137. The van der Waals surface area contributed by atoms with Crippen LogP contribution in [-0.4, -0.2) is 48.6 Å². The van der Waals surface area contributed by atoms with E-state index < -0.39 is 11.7 Å². The number of alkyl halides is 3. The van der Waals surface area contributed by atoms with E-state index in [1.807, 2.05) is 12.1 Å². The lowest BCUT2D eigenvalue weighted by Crippen LogP contribution is -2.50. The van der Waals surface area contributed by atoms with Gasteiger partial charge in [0, 0.05) is 36.8 Å². The zero-order valence-corrected chi connectivity index (χ0v) is 15.8. The van der Waals surface area contributed by atoms with E-state index in [4.69, 9.17) is 4.74 Å². The molecule has 1 amide bonds. The number of pyridine rings is 1. The quantitative estimate of drug-likeness (QED) is 0.724. The third kappa shape index (κ3) is 4.91. The lowest BCUT2D eigenvalue weighted by Gasteiger charge is -2.36. The van der Waals surface area contributed by atoms with Crippen molar-refractivity contribution in [2.75, 3.05) is 37.7 Å². The fourth-order valence-electron chi connectivity index (χ4n) is 2.81. The molecule has 0 atom stereocenters. The standard InChI is InChI=1S/C18H17BrF3N3O2/c19-13-3-5-14(6-4-13)27-12-16(26)24-8-10-25(11-9-24)17-15(18(20,21)22)2-1-7-23-17/h1-7H,8-12H2. The molecule has 0 aliphatic carbocycles. The molecule has 9 heteroatoms. The van der Waals surface area contributed by atoms with Gasteiger partial charge in [0.15, 0.2) is 6.61 Å². The topological polar surface area (TPSA) is 45.7 Å². The Labute approximate surface area is 162 Å². The van der Waals surface area contributed by atoms with Crippen molar-refractivity contribution < 1.29 is 22.7 Å². The number of halogens is 4. The van der Waals surface area contributed by atoms with E-state index in [0.29, 0.717) is 18.8 Å². The summed E-state index contributed by atoms with van der Waals surface area (Å²) in [6.45, 7) is 1.08. The first-order valence-corrected chi connectivity index (χ1v) is 9.07. The summed E-state index contributed by atoms with van der Waals surface area (Å²) >= 11 is 3.32. The highest BCUT2D eigenvalue weighted by Gasteiger charge is 2.36. The van der Waals surface area contributed by atoms with Crippen molar-refractivity contribution in [2.45, 2.75) is 6.18 Å². The van der Waals surface area contributed by atoms with Gasteiger partial charge in [-0.15, -0.1) is 0 Å². The predicted octanol–water partition coefficient (Wildman–Crippen LogP) is 3.59. The number of piperazine rings is 1. The molecule has 2 aromatic rings. The van der Waals surface area contributed by atoms with Crippen molar-refractivity contribution in [3.05, 3.63) is 52.6 Å². The molecule has 1 aromatic heterocycles. The van der Waals surface area contributed by atoms with Gasteiger partial charge in [-0.2, -0.15) is 13.2 Å². The SMILES string of the molecule is O=C(COc1ccc(Br)cc1)N1CCN(c2ncccc2C(F)(F)F)CC1. The summed E-state index contributed by atoms with van der Waals surface area (Å²) in [5.41, 5.74) is -0.761. The van der Waals surface area contributed by atoms with Gasteiger partial charge in [-0.1, -0.05) is 15.9 Å². The minimum Gasteiger partial charge on any atom is -0.484 e. The molecule has 1 aliphatic rings. The van der Waals surface area contributed by atoms with Crippen LogP contribution in [0.5, 0.6) is 5.75 Å². The van der Waals surface area contributed by atoms with Gasteiger partial charge in [0.25, 0.3) is 5.91 Å². The number of hydrogen-bond acceptors (Lipinski definition) is 4. The molecule has 0 unspecified atom stereocenters. The fraction of sp³-hybridized carbons (Fsp3) is 0.333. The molecule has 0 spiro atoms. The van der Waals surface area contributed by atoms with Crippen LogP contribution in [0.3, 0.4) is 0 Å². The number of rotatable bonds is 4. The third-order valence-corrected chi connectivity index (χ3v) is 4.73. The average molecular weight is 444 g/mol. The van der Waals surface area contributed by atoms with Crippen LogP contribution >= 0.6 is 15.9 Å². The Morgan fingerprint density at radius 1 is 1.11 bits per heavy atom.